The minimum absolute atomic E-state index is 0.0108. The highest BCUT2D eigenvalue weighted by atomic mass is 19.1. The molecule has 3 heterocycles. The van der Waals surface area contributed by atoms with Gasteiger partial charge in [-0.05, 0) is 37.8 Å². The topological polar surface area (TPSA) is 66.9 Å². The van der Waals surface area contributed by atoms with E-state index in [0.29, 0.717) is 25.7 Å². The van der Waals surface area contributed by atoms with Crippen LogP contribution in [0.5, 0.6) is 5.75 Å². The number of carbonyl (C=O) groups excluding carboxylic acids is 3. The summed E-state index contributed by atoms with van der Waals surface area (Å²) in [4.78, 5) is 39.9. The maximum atomic E-state index is 13.6. The summed E-state index contributed by atoms with van der Waals surface area (Å²) in [5.41, 5.74) is 0. The van der Waals surface area contributed by atoms with Crippen LogP contribution in [0.1, 0.15) is 38.5 Å². The lowest BCUT2D eigenvalue weighted by Crippen LogP contribution is -2.54. The molecule has 0 aromatic heterocycles. The summed E-state index contributed by atoms with van der Waals surface area (Å²) in [5, 5.41) is 0. The van der Waals surface area contributed by atoms with Crippen LogP contribution >= 0.6 is 0 Å². The number of fused-ring (bicyclic) bond motifs is 2. The molecule has 0 radical (unpaired) electrons. The van der Waals surface area contributed by atoms with Crippen LogP contribution in [0.4, 0.5) is 4.39 Å². The van der Waals surface area contributed by atoms with E-state index in [2.05, 4.69) is 0 Å². The van der Waals surface area contributed by atoms with Crippen molar-refractivity contribution in [3.05, 3.63) is 30.1 Å². The lowest BCUT2D eigenvalue weighted by atomic mass is 9.96. The van der Waals surface area contributed by atoms with Gasteiger partial charge in [0.1, 0.15) is 0 Å². The molecule has 4 rings (SSSR count). The number of imide groups is 1. The molecular formula is C19H21FN2O4. The van der Waals surface area contributed by atoms with Gasteiger partial charge in [-0.2, -0.15) is 0 Å². The third kappa shape index (κ3) is 2.95. The molecule has 3 amide bonds. The fourth-order valence-corrected chi connectivity index (χ4v) is 4.54. The molecule has 6 nitrogen and oxygen atoms in total. The Labute approximate surface area is 150 Å². The first-order valence-electron chi connectivity index (χ1n) is 9.08. The van der Waals surface area contributed by atoms with Crippen molar-refractivity contribution in [2.45, 2.75) is 56.7 Å². The molecule has 3 aliphatic rings. The molecule has 2 unspecified atom stereocenters. The predicted molar refractivity (Wildman–Crippen MR) is 89.7 cm³/mol. The van der Waals surface area contributed by atoms with Crippen LogP contribution in [0.2, 0.25) is 0 Å². The number of hydrogen-bond acceptors (Lipinski definition) is 4. The monoisotopic (exact) mass is 360 g/mol. The van der Waals surface area contributed by atoms with Crippen molar-refractivity contribution in [1.29, 1.82) is 0 Å². The maximum Gasteiger partial charge on any atom is 0.261 e. The summed E-state index contributed by atoms with van der Waals surface area (Å²) in [5.74, 6) is -0.785. The SMILES string of the molecule is O=C1CCC(=O)N1C1CC2CCC(C1)N2C(=O)COc1ccccc1F. The van der Waals surface area contributed by atoms with E-state index in [-0.39, 0.29) is 48.2 Å². The van der Waals surface area contributed by atoms with Crippen molar-refractivity contribution < 1.29 is 23.5 Å². The van der Waals surface area contributed by atoms with Gasteiger partial charge in [0.25, 0.3) is 5.91 Å². The summed E-state index contributed by atoms with van der Waals surface area (Å²) in [6.07, 6.45) is 3.57. The third-order valence-electron chi connectivity index (χ3n) is 5.64. The molecule has 2 atom stereocenters. The standard InChI is InChI=1S/C19H21FN2O4/c20-15-3-1-2-4-16(15)26-11-19(25)21-12-5-6-13(21)10-14(9-12)22-17(23)7-8-18(22)24/h1-4,12-14H,5-11H2. The second kappa shape index (κ2) is 6.70. The van der Waals surface area contributed by atoms with Gasteiger partial charge in [0.15, 0.2) is 18.2 Å². The number of ether oxygens (including phenoxy) is 1. The van der Waals surface area contributed by atoms with Gasteiger partial charge >= 0.3 is 0 Å². The molecule has 0 aliphatic carbocycles. The Bertz CT molecular complexity index is 723. The minimum Gasteiger partial charge on any atom is -0.481 e. The van der Waals surface area contributed by atoms with Gasteiger partial charge in [-0.25, -0.2) is 4.39 Å². The molecule has 138 valence electrons. The van der Waals surface area contributed by atoms with Crippen molar-refractivity contribution in [2.24, 2.45) is 0 Å². The molecule has 26 heavy (non-hydrogen) atoms. The highest BCUT2D eigenvalue weighted by Crippen LogP contribution is 2.39. The Morgan fingerprint density at radius 2 is 1.65 bits per heavy atom. The molecule has 0 spiro atoms. The zero-order chi connectivity index (χ0) is 18.3. The summed E-state index contributed by atoms with van der Waals surface area (Å²) >= 11 is 0. The Balaban J connectivity index is 1.40. The van der Waals surface area contributed by atoms with Gasteiger partial charge in [-0.1, -0.05) is 12.1 Å². The van der Waals surface area contributed by atoms with Gasteiger partial charge < -0.3 is 9.64 Å². The average molecular weight is 360 g/mol. The Kier molecular flexibility index (Phi) is 4.38. The van der Waals surface area contributed by atoms with Gasteiger partial charge in [0.2, 0.25) is 11.8 Å². The van der Waals surface area contributed by atoms with E-state index in [1.807, 2.05) is 4.90 Å². The molecule has 1 aromatic rings. The van der Waals surface area contributed by atoms with Gasteiger partial charge in [0.05, 0.1) is 0 Å². The first-order valence-corrected chi connectivity index (χ1v) is 9.08. The number of para-hydroxylation sites is 1. The minimum atomic E-state index is -0.493. The molecule has 0 N–H and O–H groups in total. The van der Waals surface area contributed by atoms with Crippen molar-refractivity contribution in [3.8, 4) is 5.75 Å². The molecule has 0 saturated carbocycles. The van der Waals surface area contributed by atoms with Crippen molar-refractivity contribution >= 4 is 17.7 Å². The summed E-state index contributed by atoms with van der Waals surface area (Å²) in [6.45, 7) is -0.208. The largest absolute Gasteiger partial charge is 0.481 e. The first-order chi connectivity index (χ1) is 12.5. The van der Waals surface area contributed by atoms with Crippen LogP contribution in [-0.4, -0.2) is 52.3 Å². The van der Waals surface area contributed by atoms with E-state index in [1.54, 1.807) is 12.1 Å². The number of amides is 3. The Morgan fingerprint density at radius 1 is 1.04 bits per heavy atom. The van der Waals surface area contributed by atoms with Crippen LogP contribution < -0.4 is 4.74 Å². The fraction of sp³-hybridized carbons (Fsp3) is 0.526. The van der Waals surface area contributed by atoms with E-state index >= 15 is 0 Å². The second-order valence-electron chi connectivity index (χ2n) is 7.19. The highest BCUT2D eigenvalue weighted by molar-refractivity contribution is 6.02. The van der Waals surface area contributed by atoms with Crippen LogP contribution in [0.15, 0.2) is 24.3 Å². The first kappa shape index (κ1) is 17.0. The number of carbonyl (C=O) groups is 3. The maximum absolute atomic E-state index is 13.6. The van der Waals surface area contributed by atoms with Crippen molar-refractivity contribution in [3.63, 3.8) is 0 Å². The Hall–Kier alpha value is -2.44. The normalized spacial score (nSPS) is 28.0. The quantitative estimate of drug-likeness (QED) is 0.769. The zero-order valence-electron chi connectivity index (χ0n) is 14.4. The number of piperidine rings is 1. The van der Waals surface area contributed by atoms with Gasteiger partial charge in [-0.3, -0.25) is 19.3 Å². The predicted octanol–water partition coefficient (Wildman–Crippen LogP) is 1.88. The average Bonchev–Trinajstić information content (AvgIpc) is 3.10. The lowest BCUT2D eigenvalue weighted by Gasteiger charge is -2.41. The van der Waals surface area contributed by atoms with E-state index in [0.717, 1.165) is 12.8 Å². The van der Waals surface area contributed by atoms with Crippen molar-refractivity contribution in [2.75, 3.05) is 6.61 Å². The van der Waals surface area contributed by atoms with Crippen LogP contribution in [0.3, 0.4) is 0 Å². The van der Waals surface area contributed by atoms with Crippen LogP contribution in [0.25, 0.3) is 0 Å². The molecular weight excluding hydrogens is 339 g/mol. The molecule has 3 aliphatic heterocycles. The van der Waals surface area contributed by atoms with Crippen molar-refractivity contribution in [1.82, 2.24) is 9.80 Å². The fourth-order valence-electron chi connectivity index (χ4n) is 4.54. The van der Waals surface area contributed by atoms with E-state index in [1.165, 1.54) is 17.0 Å². The Morgan fingerprint density at radius 3 is 2.27 bits per heavy atom. The van der Waals surface area contributed by atoms with Gasteiger partial charge in [-0.15, -0.1) is 0 Å². The summed E-state index contributed by atoms with van der Waals surface area (Å²) < 4.78 is 19.0. The van der Waals surface area contributed by atoms with Crippen LogP contribution in [0, 0.1) is 5.82 Å². The van der Waals surface area contributed by atoms with Gasteiger partial charge in [0, 0.05) is 31.0 Å². The number of rotatable bonds is 4. The number of halogens is 1. The van der Waals surface area contributed by atoms with E-state index < -0.39 is 5.82 Å². The third-order valence-corrected chi connectivity index (χ3v) is 5.64. The molecule has 2 bridgehead atoms. The smallest absolute Gasteiger partial charge is 0.261 e. The summed E-state index contributed by atoms with van der Waals surface area (Å²) in [6, 6.07) is 5.92. The van der Waals surface area contributed by atoms with Crippen LogP contribution in [-0.2, 0) is 14.4 Å². The molecule has 7 heteroatoms. The summed E-state index contributed by atoms with van der Waals surface area (Å²) in [7, 11) is 0. The van der Waals surface area contributed by atoms with E-state index in [4.69, 9.17) is 4.74 Å². The molecule has 1 aromatic carbocycles. The highest BCUT2D eigenvalue weighted by Gasteiger charge is 2.47. The number of benzene rings is 1. The second-order valence-corrected chi connectivity index (χ2v) is 7.19. The molecule has 3 fully saturated rings. The molecule has 3 saturated heterocycles. The number of likely N-dealkylation sites (tertiary alicyclic amines) is 1. The number of hydrogen-bond donors (Lipinski definition) is 0. The number of nitrogens with zero attached hydrogens (tertiary/aromatic N) is 2. The zero-order valence-corrected chi connectivity index (χ0v) is 14.4. The lowest BCUT2D eigenvalue weighted by molar-refractivity contribution is -0.145. The van der Waals surface area contributed by atoms with E-state index in [9.17, 15) is 18.8 Å².